The molecule has 0 saturated heterocycles. The number of hydrogen-bond donors (Lipinski definition) is 0. The first kappa shape index (κ1) is 15.0. The summed E-state index contributed by atoms with van der Waals surface area (Å²) < 4.78 is 2.42. The zero-order valence-electron chi connectivity index (χ0n) is 12.2. The maximum absolute atomic E-state index is 6.18. The van der Waals surface area contributed by atoms with Gasteiger partial charge >= 0.3 is 0 Å². The summed E-state index contributed by atoms with van der Waals surface area (Å²) in [6, 6.07) is 18.2. The second-order valence-corrected chi connectivity index (χ2v) is 13.9. The highest BCUT2D eigenvalue weighted by Crippen LogP contribution is 2.29. The summed E-state index contributed by atoms with van der Waals surface area (Å²) in [5.41, 5.74) is 2.63. The van der Waals surface area contributed by atoms with Gasteiger partial charge in [-0.25, -0.2) is 0 Å². The number of rotatable bonds is 5. The van der Waals surface area contributed by atoms with Gasteiger partial charge in [0.2, 0.25) is 6.69 Å². The van der Waals surface area contributed by atoms with E-state index in [0.29, 0.717) is 0 Å². The second-order valence-electron chi connectivity index (χ2n) is 5.71. The Morgan fingerprint density at radius 1 is 0.857 bits per heavy atom. The van der Waals surface area contributed by atoms with Crippen LogP contribution in [0.4, 0.5) is 0 Å². The van der Waals surface area contributed by atoms with Crippen LogP contribution in [0, 0.1) is 0 Å². The van der Waals surface area contributed by atoms with Crippen molar-refractivity contribution in [2.24, 2.45) is 0 Å². The highest BCUT2D eigenvalue weighted by Gasteiger charge is 2.19. The molecule has 0 atom stereocenters. The summed E-state index contributed by atoms with van der Waals surface area (Å²) in [5.74, 6) is 0. The standard InChI is InChI=1S/C17H19Cl2NSi/c1-21(18,19)13-7-6-12-20-16-10-4-2-8-14(16)15-9-3-5-11-17(15)20/h2-5,8-11H,6-7,12-13H2,1H3. The number of benzene rings is 2. The molecule has 3 aromatic rings. The molecule has 0 aliphatic heterocycles. The number of nitrogens with zero attached hydrogens (tertiary/aromatic N) is 1. The molecule has 1 heterocycles. The predicted octanol–water partition coefficient (Wildman–Crippen LogP) is 6.12. The summed E-state index contributed by atoms with van der Waals surface area (Å²) in [5, 5.41) is 2.67. The average Bonchev–Trinajstić information content (AvgIpc) is 2.77. The third-order valence-corrected chi connectivity index (χ3v) is 6.29. The number of aryl methyl sites for hydroxylation is 1. The van der Waals surface area contributed by atoms with E-state index in [1.165, 1.54) is 21.8 Å². The van der Waals surface area contributed by atoms with Crippen molar-refractivity contribution >= 4 is 50.7 Å². The fourth-order valence-electron chi connectivity index (χ4n) is 2.95. The van der Waals surface area contributed by atoms with Crippen LogP contribution in [0.2, 0.25) is 12.6 Å². The lowest BCUT2D eigenvalue weighted by Crippen LogP contribution is -2.12. The zero-order chi connectivity index (χ0) is 14.9. The minimum Gasteiger partial charge on any atom is -0.340 e. The average molecular weight is 336 g/mol. The Morgan fingerprint density at radius 3 is 1.90 bits per heavy atom. The molecule has 0 unspecified atom stereocenters. The quantitative estimate of drug-likeness (QED) is 0.300. The summed E-state index contributed by atoms with van der Waals surface area (Å²) in [7, 11) is 0. The number of aromatic nitrogens is 1. The molecular formula is C17H19Cl2NSi. The van der Waals surface area contributed by atoms with E-state index in [1.807, 2.05) is 6.55 Å². The number of halogens is 2. The Bertz CT molecular complexity index is 705. The van der Waals surface area contributed by atoms with E-state index in [0.717, 1.165) is 25.4 Å². The highest BCUT2D eigenvalue weighted by atomic mass is 35.7. The fourth-order valence-corrected chi connectivity index (χ4v) is 4.62. The normalized spacial score (nSPS) is 12.3. The topological polar surface area (TPSA) is 4.93 Å². The molecule has 0 bridgehead atoms. The Hall–Kier alpha value is -0.963. The van der Waals surface area contributed by atoms with Crippen LogP contribution in [0.3, 0.4) is 0 Å². The van der Waals surface area contributed by atoms with Crippen molar-refractivity contribution in [3.05, 3.63) is 48.5 Å². The van der Waals surface area contributed by atoms with Crippen molar-refractivity contribution in [2.75, 3.05) is 0 Å². The lowest BCUT2D eigenvalue weighted by atomic mass is 10.2. The van der Waals surface area contributed by atoms with E-state index in [9.17, 15) is 0 Å². The second kappa shape index (κ2) is 6.03. The van der Waals surface area contributed by atoms with Gasteiger partial charge in [0.15, 0.2) is 0 Å². The Morgan fingerprint density at radius 2 is 1.38 bits per heavy atom. The highest BCUT2D eigenvalue weighted by molar-refractivity contribution is 7.44. The fraction of sp³-hybridized carbons (Fsp3) is 0.294. The van der Waals surface area contributed by atoms with E-state index in [4.69, 9.17) is 22.2 Å². The van der Waals surface area contributed by atoms with Gasteiger partial charge in [-0.1, -0.05) is 42.8 Å². The molecule has 3 rings (SSSR count). The molecule has 110 valence electrons. The van der Waals surface area contributed by atoms with Gasteiger partial charge in [-0.2, -0.15) is 0 Å². The Kier molecular flexibility index (Phi) is 4.30. The molecule has 0 aliphatic carbocycles. The molecule has 0 amide bonds. The Labute approximate surface area is 135 Å². The maximum Gasteiger partial charge on any atom is 0.248 e. The van der Waals surface area contributed by atoms with Crippen molar-refractivity contribution in [2.45, 2.75) is 32.0 Å². The summed E-state index contributed by atoms with van der Waals surface area (Å²) >= 11 is 12.4. The van der Waals surface area contributed by atoms with Crippen molar-refractivity contribution in [3.8, 4) is 0 Å². The molecule has 4 heteroatoms. The van der Waals surface area contributed by atoms with Gasteiger partial charge in [-0.05, 0) is 31.1 Å². The van der Waals surface area contributed by atoms with E-state index in [2.05, 4.69) is 53.1 Å². The van der Waals surface area contributed by atoms with Gasteiger partial charge in [-0.3, -0.25) is 0 Å². The van der Waals surface area contributed by atoms with Gasteiger partial charge in [0, 0.05) is 28.4 Å². The van der Waals surface area contributed by atoms with Gasteiger partial charge in [0.25, 0.3) is 0 Å². The zero-order valence-corrected chi connectivity index (χ0v) is 14.7. The smallest absolute Gasteiger partial charge is 0.248 e. The van der Waals surface area contributed by atoms with Gasteiger partial charge in [0.1, 0.15) is 0 Å². The summed E-state index contributed by atoms with van der Waals surface area (Å²) in [6.45, 7) is 1.07. The van der Waals surface area contributed by atoms with Crippen molar-refractivity contribution in [1.29, 1.82) is 0 Å². The lowest BCUT2D eigenvalue weighted by Gasteiger charge is -2.11. The first-order valence-corrected chi connectivity index (χ1v) is 12.1. The van der Waals surface area contributed by atoms with Crippen LogP contribution < -0.4 is 0 Å². The van der Waals surface area contributed by atoms with Crippen LogP contribution in [0.5, 0.6) is 0 Å². The van der Waals surface area contributed by atoms with Crippen molar-refractivity contribution in [3.63, 3.8) is 0 Å². The van der Waals surface area contributed by atoms with Crippen LogP contribution in [0.15, 0.2) is 48.5 Å². The van der Waals surface area contributed by atoms with Gasteiger partial charge in [-0.15, -0.1) is 22.2 Å². The molecule has 0 spiro atoms. The molecular weight excluding hydrogens is 317 g/mol. The molecule has 0 N–H and O–H groups in total. The van der Waals surface area contributed by atoms with Crippen LogP contribution in [0.25, 0.3) is 21.8 Å². The van der Waals surface area contributed by atoms with Gasteiger partial charge in [0.05, 0.1) is 0 Å². The summed E-state index contributed by atoms with van der Waals surface area (Å²) in [6.07, 6.45) is 2.21. The maximum atomic E-state index is 6.18. The van der Waals surface area contributed by atoms with Crippen LogP contribution in [-0.2, 0) is 6.54 Å². The molecule has 0 aliphatic rings. The first-order chi connectivity index (χ1) is 10.1. The number of hydrogen-bond acceptors (Lipinski definition) is 0. The minimum atomic E-state index is -1.95. The SMILES string of the molecule is C[Si](Cl)(Cl)CCCCn1c2ccccc2c2ccccc21. The molecule has 2 aromatic carbocycles. The molecule has 0 saturated carbocycles. The molecule has 21 heavy (non-hydrogen) atoms. The predicted molar refractivity (Wildman–Crippen MR) is 96.8 cm³/mol. The number of para-hydroxylation sites is 2. The van der Waals surface area contributed by atoms with Crippen LogP contribution in [0.1, 0.15) is 12.8 Å². The lowest BCUT2D eigenvalue weighted by molar-refractivity contribution is 0.663. The van der Waals surface area contributed by atoms with E-state index in [1.54, 1.807) is 0 Å². The minimum absolute atomic E-state index is 0.966. The van der Waals surface area contributed by atoms with Crippen molar-refractivity contribution < 1.29 is 0 Å². The number of fused-ring (bicyclic) bond motifs is 3. The monoisotopic (exact) mass is 335 g/mol. The van der Waals surface area contributed by atoms with Crippen LogP contribution in [-0.4, -0.2) is 11.3 Å². The van der Waals surface area contributed by atoms with Gasteiger partial charge < -0.3 is 4.57 Å². The van der Waals surface area contributed by atoms with E-state index in [-0.39, 0.29) is 0 Å². The Balaban J connectivity index is 1.89. The number of unbranched alkanes of at least 4 members (excludes halogenated alkanes) is 1. The van der Waals surface area contributed by atoms with Crippen molar-refractivity contribution in [1.82, 2.24) is 4.57 Å². The molecule has 1 aromatic heterocycles. The molecule has 0 fully saturated rings. The third-order valence-electron chi connectivity index (χ3n) is 3.93. The first-order valence-electron chi connectivity index (χ1n) is 7.40. The third kappa shape index (κ3) is 3.28. The van der Waals surface area contributed by atoms with Crippen LogP contribution >= 0.6 is 22.2 Å². The van der Waals surface area contributed by atoms with E-state index >= 15 is 0 Å². The molecule has 1 nitrogen and oxygen atoms in total. The van der Waals surface area contributed by atoms with E-state index < -0.39 is 6.69 Å². The largest absolute Gasteiger partial charge is 0.340 e. The molecule has 0 radical (unpaired) electrons. The summed E-state index contributed by atoms with van der Waals surface area (Å²) in [4.78, 5) is 0.